The molecule has 3 heterocycles. The second-order valence-electron chi connectivity index (χ2n) is 7.62. The van der Waals surface area contributed by atoms with Crippen molar-refractivity contribution in [3.63, 3.8) is 0 Å². The summed E-state index contributed by atoms with van der Waals surface area (Å²) in [7, 11) is 0. The molecule has 0 atom stereocenters. The van der Waals surface area contributed by atoms with E-state index in [4.69, 9.17) is 9.47 Å². The summed E-state index contributed by atoms with van der Waals surface area (Å²) in [5.74, 6) is -0.949. The number of carbonyl (C=O) groups is 2. The van der Waals surface area contributed by atoms with Crippen LogP contribution in [0.5, 0.6) is 0 Å². The molecule has 1 aromatic carbocycles. The fourth-order valence-electron chi connectivity index (χ4n) is 3.72. The minimum Gasteiger partial charge on any atom is -0.347 e. The third kappa shape index (κ3) is 4.16. The van der Waals surface area contributed by atoms with Crippen LogP contribution in [-0.2, 0) is 9.47 Å². The molecule has 7 nitrogen and oxygen atoms in total. The SMILES string of the molecule is Cc1ccc(NC(=O)c2cncc(C(=O)N3CCC4(CC3)OCCO4)c2)cc1C. The second-order valence-corrected chi connectivity index (χ2v) is 7.62. The predicted octanol–water partition coefficient (Wildman–Crippen LogP) is 2.93. The fraction of sp³-hybridized carbons (Fsp3) is 0.409. The first kappa shape index (κ1) is 19.5. The second kappa shape index (κ2) is 7.93. The lowest BCUT2D eigenvalue weighted by atomic mass is 10.0. The van der Waals surface area contributed by atoms with E-state index in [9.17, 15) is 9.59 Å². The van der Waals surface area contributed by atoms with Crippen LogP contribution in [0, 0.1) is 13.8 Å². The molecule has 7 heteroatoms. The maximum Gasteiger partial charge on any atom is 0.257 e. The molecule has 2 aliphatic heterocycles. The van der Waals surface area contributed by atoms with Crippen LogP contribution in [0.2, 0.25) is 0 Å². The summed E-state index contributed by atoms with van der Waals surface area (Å²) < 4.78 is 11.4. The standard InChI is InChI=1S/C22H25N3O4/c1-15-3-4-19(11-16(15)2)24-20(26)17-12-18(14-23-13-17)21(27)25-7-5-22(6-8-25)28-9-10-29-22/h3-4,11-14H,5-10H2,1-2H3,(H,24,26). The maximum atomic E-state index is 12.9. The quantitative estimate of drug-likeness (QED) is 0.864. The van der Waals surface area contributed by atoms with Crippen LogP contribution in [-0.4, -0.2) is 53.8 Å². The first-order chi connectivity index (χ1) is 14.0. The van der Waals surface area contributed by atoms with Crippen molar-refractivity contribution in [3.8, 4) is 0 Å². The minimum atomic E-state index is -0.525. The van der Waals surface area contributed by atoms with E-state index in [1.54, 1.807) is 11.0 Å². The molecule has 1 spiro atoms. The first-order valence-electron chi connectivity index (χ1n) is 9.87. The van der Waals surface area contributed by atoms with Gasteiger partial charge in [0, 0.05) is 44.0 Å². The van der Waals surface area contributed by atoms with E-state index in [-0.39, 0.29) is 11.8 Å². The Labute approximate surface area is 170 Å². The Balaban J connectivity index is 1.43. The average Bonchev–Trinajstić information content (AvgIpc) is 3.19. The molecular formula is C22H25N3O4. The number of carbonyl (C=O) groups excluding carboxylic acids is 2. The monoisotopic (exact) mass is 395 g/mol. The summed E-state index contributed by atoms with van der Waals surface area (Å²) in [6.45, 7) is 6.34. The Kier molecular flexibility index (Phi) is 5.34. The number of benzene rings is 1. The molecule has 0 saturated carbocycles. The van der Waals surface area contributed by atoms with Crippen molar-refractivity contribution < 1.29 is 19.1 Å². The Bertz CT molecular complexity index is 927. The van der Waals surface area contributed by atoms with Crippen molar-refractivity contribution in [2.24, 2.45) is 0 Å². The molecule has 29 heavy (non-hydrogen) atoms. The third-order valence-electron chi connectivity index (χ3n) is 5.64. The molecule has 152 valence electrons. The molecule has 2 saturated heterocycles. The molecule has 0 radical (unpaired) electrons. The highest BCUT2D eigenvalue weighted by Crippen LogP contribution is 2.31. The number of aromatic nitrogens is 1. The predicted molar refractivity (Wildman–Crippen MR) is 108 cm³/mol. The van der Waals surface area contributed by atoms with Gasteiger partial charge in [0.1, 0.15) is 0 Å². The normalized spacial score (nSPS) is 18.1. The van der Waals surface area contributed by atoms with Crippen molar-refractivity contribution >= 4 is 17.5 Å². The van der Waals surface area contributed by atoms with E-state index in [1.165, 1.54) is 12.4 Å². The Morgan fingerprint density at radius 3 is 2.38 bits per heavy atom. The van der Waals surface area contributed by atoms with Crippen LogP contribution in [0.1, 0.15) is 44.7 Å². The molecule has 4 rings (SSSR count). The molecule has 2 aliphatic rings. The lowest BCUT2D eigenvalue weighted by Crippen LogP contribution is -2.47. The number of rotatable bonds is 3. The Hall–Kier alpha value is -2.77. The summed E-state index contributed by atoms with van der Waals surface area (Å²) >= 11 is 0. The largest absolute Gasteiger partial charge is 0.347 e. The van der Waals surface area contributed by atoms with Gasteiger partial charge in [-0.1, -0.05) is 6.07 Å². The van der Waals surface area contributed by atoms with Crippen molar-refractivity contribution in [3.05, 3.63) is 58.9 Å². The molecule has 2 amide bonds. The van der Waals surface area contributed by atoms with Crippen LogP contribution in [0.3, 0.4) is 0 Å². The molecule has 1 N–H and O–H groups in total. The van der Waals surface area contributed by atoms with Gasteiger partial charge in [-0.15, -0.1) is 0 Å². The smallest absolute Gasteiger partial charge is 0.257 e. The lowest BCUT2D eigenvalue weighted by Gasteiger charge is -2.37. The third-order valence-corrected chi connectivity index (χ3v) is 5.64. The van der Waals surface area contributed by atoms with Crippen LogP contribution in [0.15, 0.2) is 36.7 Å². The van der Waals surface area contributed by atoms with Gasteiger partial charge < -0.3 is 19.7 Å². The van der Waals surface area contributed by atoms with Gasteiger partial charge in [-0.3, -0.25) is 14.6 Å². The molecule has 1 aromatic heterocycles. The number of amides is 2. The zero-order valence-electron chi connectivity index (χ0n) is 16.7. The average molecular weight is 395 g/mol. The molecule has 2 aromatic rings. The maximum absolute atomic E-state index is 12.9. The molecule has 0 unspecified atom stereocenters. The number of hydrogen-bond donors (Lipinski definition) is 1. The van der Waals surface area contributed by atoms with E-state index < -0.39 is 5.79 Å². The number of anilines is 1. The van der Waals surface area contributed by atoms with Crippen molar-refractivity contribution in [2.75, 3.05) is 31.6 Å². The number of piperidine rings is 1. The number of nitrogens with zero attached hydrogens (tertiary/aromatic N) is 2. The van der Waals surface area contributed by atoms with E-state index in [2.05, 4.69) is 10.3 Å². The number of ether oxygens (including phenoxy) is 2. The number of pyridine rings is 1. The van der Waals surface area contributed by atoms with Crippen LogP contribution < -0.4 is 5.32 Å². The summed E-state index contributed by atoms with van der Waals surface area (Å²) in [4.78, 5) is 31.4. The summed E-state index contributed by atoms with van der Waals surface area (Å²) in [5.41, 5.74) is 3.73. The molecule has 0 aliphatic carbocycles. The van der Waals surface area contributed by atoms with E-state index >= 15 is 0 Å². The highest BCUT2D eigenvalue weighted by atomic mass is 16.7. The van der Waals surface area contributed by atoms with Crippen LogP contribution >= 0.6 is 0 Å². The zero-order valence-corrected chi connectivity index (χ0v) is 16.7. The van der Waals surface area contributed by atoms with Crippen molar-refractivity contribution in [1.29, 1.82) is 0 Å². The fourth-order valence-corrected chi connectivity index (χ4v) is 3.72. The van der Waals surface area contributed by atoms with Gasteiger partial charge in [-0.05, 0) is 43.2 Å². The van der Waals surface area contributed by atoms with Gasteiger partial charge in [-0.25, -0.2) is 0 Å². The number of likely N-dealkylation sites (tertiary alicyclic amines) is 1. The minimum absolute atomic E-state index is 0.133. The zero-order chi connectivity index (χ0) is 20.4. The topological polar surface area (TPSA) is 80.8 Å². The molecule has 0 bridgehead atoms. The highest BCUT2D eigenvalue weighted by Gasteiger charge is 2.40. The Morgan fingerprint density at radius 2 is 1.69 bits per heavy atom. The van der Waals surface area contributed by atoms with E-state index in [0.717, 1.165) is 11.1 Å². The molecule has 2 fully saturated rings. The van der Waals surface area contributed by atoms with Crippen LogP contribution in [0.25, 0.3) is 0 Å². The van der Waals surface area contributed by atoms with Gasteiger partial charge in [-0.2, -0.15) is 0 Å². The highest BCUT2D eigenvalue weighted by molar-refractivity contribution is 6.05. The lowest BCUT2D eigenvalue weighted by molar-refractivity contribution is -0.181. The van der Waals surface area contributed by atoms with E-state index in [0.29, 0.717) is 56.0 Å². The number of nitrogens with one attached hydrogen (secondary N) is 1. The van der Waals surface area contributed by atoms with Gasteiger partial charge in [0.05, 0.1) is 24.3 Å². The first-order valence-corrected chi connectivity index (χ1v) is 9.87. The summed E-state index contributed by atoms with van der Waals surface area (Å²) in [6, 6.07) is 7.34. The number of hydrogen-bond acceptors (Lipinski definition) is 5. The van der Waals surface area contributed by atoms with Gasteiger partial charge >= 0.3 is 0 Å². The Morgan fingerprint density at radius 1 is 1.00 bits per heavy atom. The molecular weight excluding hydrogens is 370 g/mol. The number of aryl methyl sites for hydroxylation is 2. The van der Waals surface area contributed by atoms with Crippen molar-refractivity contribution in [2.45, 2.75) is 32.5 Å². The van der Waals surface area contributed by atoms with Gasteiger partial charge in [0.15, 0.2) is 5.79 Å². The van der Waals surface area contributed by atoms with Crippen LogP contribution in [0.4, 0.5) is 5.69 Å². The summed E-state index contributed by atoms with van der Waals surface area (Å²) in [5, 5.41) is 2.87. The van der Waals surface area contributed by atoms with Crippen molar-refractivity contribution in [1.82, 2.24) is 9.88 Å². The summed E-state index contributed by atoms with van der Waals surface area (Å²) in [6.07, 6.45) is 4.28. The van der Waals surface area contributed by atoms with Gasteiger partial charge in [0.25, 0.3) is 11.8 Å². The van der Waals surface area contributed by atoms with Gasteiger partial charge in [0.2, 0.25) is 0 Å². The van der Waals surface area contributed by atoms with E-state index in [1.807, 2.05) is 32.0 Å².